The van der Waals surface area contributed by atoms with Crippen LogP contribution in [0.2, 0.25) is 0 Å². The molecule has 0 bridgehead atoms. The number of fused-ring (bicyclic) bond motifs is 1. The summed E-state index contributed by atoms with van der Waals surface area (Å²) in [6, 6.07) is 13.4. The van der Waals surface area contributed by atoms with Gasteiger partial charge in [-0.2, -0.15) is 0 Å². The molecule has 1 amide bonds. The van der Waals surface area contributed by atoms with E-state index in [1.807, 2.05) is 0 Å². The van der Waals surface area contributed by atoms with Crippen LogP contribution in [0, 0.1) is 0 Å². The average molecular weight is 352 g/mol. The number of aromatic amines is 1. The SMILES string of the molecule is O=C(NO)c1ccc2nc(-c3ccc(CN4CCOCC4)cc3)[nH]c2c1. The van der Waals surface area contributed by atoms with E-state index in [-0.39, 0.29) is 0 Å². The van der Waals surface area contributed by atoms with Gasteiger partial charge in [0.05, 0.1) is 24.2 Å². The van der Waals surface area contributed by atoms with Crippen molar-refractivity contribution >= 4 is 16.9 Å². The molecule has 7 nitrogen and oxygen atoms in total. The topological polar surface area (TPSA) is 90.5 Å². The van der Waals surface area contributed by atoms with E-state index in [0.717, 1.165) is 55.3 Å². The van der Waals surface area contributed by atoms with Crippen LogP contribution in [0.25, 0.3) is 22.4 Å². The molecule has 134 valence electrons. The molecule has 0 atom stereocenters. The van der Waals surface area contributed by atoms with Crippen molar-refractivity contribution in [2.75, 3.05) is 26.3 Å². The third kappa shape index (κ3) is 3.45. The van der Waals surface area contributed by atoms with E-state index < -0.39 is 5.91 Å². The fourth-order valence-corrected chi connectivity index (χ4v) is 3.14. The second-order valence-electron chi connectivity index (χ2n) is 6.34. The van der Waals surface area contributed by atoms with Crippen LogP contribution in [-0.4, -0.2) is 52.3 Å². The number of carbonyl (C=O) groups is 1. The zero-order valence-corrected chi connectivity index (χ0v) is 14.2. The molecule has 0 spiro atoms. The van der Waals surface area contributed by atoms with Crippen molar-refractivity contribution in [3.8, 4) is 11.4 Å². The molecule has 0 saturated carbocycles. The number of nitrogens with one attached hydrogen (secondary N) is 2. The Kier molecular flexibility index (Phi) is 4.66. The van der Waals surface area contributed by atoms with E-state index in [1.54, 1.807) is 23.7 Å². The standard InChI is InChI=1S/C19H20N4O3/c24-19(22-25)15-5-6-16-17(11-15)21-18(20-16)14-3-1-13(2-4-14)12-23-7-9-26-10-8-23/h1-6,11,25H,7-10,12H2,(H,20,21)(H,22,24). The summed E-state index contributed by atoms with van der Waals surface area (Å²) in [5.74, 6) is 0.204. The summed E-state index contributed by atoms with van der Waals surface area (Å²) >= 11 is 0. The van der Waals surface area contributed by atoms with Gasteiger partial charge in [0.15, 0.2) is 0 Å². The molecule has 0 aliphatic carbocycles. The Morgan fingerprint density at radius 2 is 1.96 bits per heavy atom. The highest BCUT2D eigenvalue weighted by Gasteiger charge is 2.12. The first kappa shape index (κ1) is 16.7. The Hall–Kier alpha value is -2.74. The number of H-pyrrole nitrogens is 1. The lowest BCUT2D eigenvalue weighted by molar-refractivity contribution is 0.0342. The number of aromatic nitrogens is 2. The molecule has 4 rings (SSSR count). The quantitative estimate of drug-likeness (QED) is 0.495. The van der Waals surface area contributed by atoms with Gasteiger partial charge in [-0.05, 0) is 23.8 Å². The van der Waals surface area contributed by atoms with Crippen molar-refractivity contribution in [1.82, 2.24) is 20.3 Å². The molecule has 1 aromatic heterocycles. The summed E-state index contributed by atoms with van der Waals surface area (Å²) in [5.41, 5.74) is 5.77. The van der Waals surface area contributed by atoms with E-state index in [0.29, 0.717) is 5.56 Å². The molecule has 1 aliphatic heterocycles. The summed E-state index contributed by atoms with van der Waals surface area (Å²) in [7, 11) is 0. The van der Waals surface area contributed by atoms with Crippen LogP contribution in [0.5, 0.6) is 0 Å². The summed E-state index contributed by atoms with van der Waals surface area (Å²) in [5, 5.41) is 8.75. The van der Waals surface area contributed by atoms with Crippen LogP contribution in [0.4, 0.5) is 0 Å². The molecule has 1 fully saturated rings. The number of nitrogens with zero attached hydrogens (tertiary/aromatic N) is 2. The van der Waals surface area contributed by atoms with Crippen molar-refractivity contribution in [3.05, 3.63) is 53.6 Å². The first-order valence-electron chi connectivity index (χ1n) is 8.56. The Morgan fingerprint density at radius 1 is 1.19 bits per heavy atom. The zero-order chi connectivity index (χ0) is 17.9. The molecule has 2 aromatic carbocycles. The van der Waals surface area contributed by atoms with Gasteiger partial charge in [0, 0.05) is 30.8 Å². The van der Waals surface area contributed by atoms with Gasteiger partial charge in [-0.1, -0.05) is 24.3 Å². The minimum absolute atomic E-state index is 0.371. The summed E-state index contributed by atoms with van der Waals surface area (Å²) < 4.78 is 5.38. The van der Waals surface area contributed by atoms with E-state index in [2.05, 4.69) is 39.1 Å². The summed E-state index contributed by atoms with van der Waals surface area (Å²) in [6.45, 7) is 4.45. The Labute approximate surface area is 150 Å². The van der Waals surface area contributed by atoms with Gasteiger partial charge in [-0.25, -0.2) is 10.5 Å². The van der Waals surface area contributed by atoms with Gasteiger partial charge >= 0.3 is 0 Å². The molecular weight excluding hydrogens is 332 g/mol. The Bertz CT molecular complexity index is 914. The summed E-state index contributed by atoms with van der Waals surface area (Å²) in [4.78, 5) is 21.7. The molecule has 0 radical (unpaired) electrons. The zero-order valence-electron chi connectivity index (χ0n) is 14.2. The van der Waals surface area contributed by atoms with E-state index in [1.165, 1.54) is 5.56 Å². The number of morpholine rings is 1. The lowest BCUT2D eigenvalue weighted by atomic mass is 10.1. The first-order valence-corrected chi connectivity index (χ1v) is 8.56. The maximum atomic E-state index is 11.5. The number of imidazole rings is 1. The molecule has 0 unspecified atom stereocenters. The lowest BCUT2D eigenvalue weighted by Gasteiger charge is -2.26. The molecular formula is C19H20N4O3. The van der Waals surface area contributed by atoms with Crippen molar-refractivity contribution in [1.29, 1.82) is 0 Å². The fraction of sp³-hybridized carbons (Fsp3) is 0.263. The van der Waals surface area contributed by atoms with Gasteiger partial charge < -0.3 is 9.72 Å². The van der Waals surface area contributed by atoms with Crippen LogP contribution in [0.1, 0.15) is 15.9 Å². The highest BCUT2D eigenvalue weighted by Crippen LogP contribution is 2.22. The number of carbonyl (C=O) groups excluding carboxylic acids is 1. The van der Waals surface area contributed by atoms with Crippen LogP contribution in [0.3, 0.4) is 0 Å². The minimum Gasteiger partial charge on any atom is -0.379 e. The van der Waals surface area contributed by atoms with Gasteiger partial charge in [-0.15, -0.1) is 0 Å². The minimum atomic E-state index is -0.546. The number of hydrogen-bond acceptors (Lipinski definition) is 5. The normalized spacial score (nSPS) is 15.3. The molecule has 2 heterocycles. The van der Waals surface area contributed by atoms with Crippen molar-refractivity contribution in [2.45, 2.75) is 6.54 Å². The van der Waals surface area contributed by atoms with Crippen LogP contribution in [-0.2, 0) is 11.3 Å². The average Bonchev–Trinajstić information content (AvgIpc) is 3.12. The molecule has 3 aromatic rings. The Balaban J connectivity index is 1.54. The van der Waals surface area contributed by atoms with Gasteiger partial charge in [0.25, 0.3) is 5.91 Å². The number of benzene rings is 2. The molecule has 26 heavy (non-hydrogen) atoms. The highest BCUT2D eigenvalue weighted by atomic mass is 16.5. The molecule has 3 N–H and O–H groups in total. The second-order valence-corrected chi connectivity index (χ2v) is 6.34. The number of hydroxylamine groups is 1. The third-order valence-corrected chi connectivity index (χ3v) is 4.58. The molecule has 1 saturated heterocycles. The van der Waals surface area contributed by atoms with E-state index in [4.69, 9.17) is 9.94 Å². The Morgan fingerprint density at radius 3 is 2.69 bits per heavy atom. The highest BCUT2D eigenvalue weighted by molar-refractivity contribution is 5.97. The number of amides is 1. The number of hydrogen-bond donors (Lipinski definition) is 3. The predicted molar refractivity (Wildman–Crippen MR) is 96.9 cm³/mol. The van der Waals surface area contributed by atoms with E-state index in [9.17, 15) is 4.79 Å². The number of rotatable bonds is 4. The van der Waals surface area contributed by atoms with Crippen molar-refractivity contribution < 1.29 is 14.7 Å². The van der Waals surface area contributed by atoms with Crippen molar-refractivity contribution in [2.24, 2.45) is 0 Å². The van der Waals surface area contributed by atoms with Crippen LogP contribution < -0.4 is 5.48 Å². The largest absolute Gasteiger partial charge is 0.379 e. The third-order valence-electron chi connectivity index (χ3n) is 4.58. The second kappa shape index (κ2) is 7.25. The first-order chi connectivity index (χ1) is 12.7. The van der Waals surface area contributed by atoms with Gasteiger partial charge in [0.2, 0.25) is 0 Å². The number of ether oxygens (including phenoxy) is 1. The van der Waals surface area contributed by atoms with Gasteiger partial charge in [0.1, 0.15) is 5.82 Å². The molecule has 1 aliphatic rings. The smallest absolute Gasteiger partial charge is 0.274 e. The van der Waals surface area contributed by atoms with Crippen molar-refractivity contribution in [3.63, 3.8) is 0 Å². The van der Waals surface area contributed by atoms with Gasteiger partial charge in [-0.3, -0.25) is 14.9 Å². The fourth-order valence-electron chi connectivity index (χ4n) is 3.14. The van der Waals surface area contributed by atoms with Crippen LogP contribution in [0.15, 0.2) is 42.5 Å². The monoisotopic (exact) mass is 352 g/mol. The van der Waals surface area contributed by atoms with Crippen LogP contribution >= 0.6 is 0 Å². The molecule has 7 heteroatoms. The predicted octanol–water partition coefficient (Wildman–Crippen LogP) is 2.18. The van der Waals surface area contributed by atoms with E-state index >= 15 is 0 Å². The summed E-state index contributed by atoms with van der Waals surface area (Å²) in [6.07, 6.45) is 0. The maximum Gasteiger partial charge on any atom is 0.274 e. The maximum absolute atomic E-state index is 11.5. The lowest BCUT2D eigenvalue weighted by Crippen LogP contribution is -2.35.